The van der Waals surface area contributed by atoms with Crippen LogP contribution in [-0.2, 0) is 6.42 Å². The number of nitrogens with zero attached hydrogens (tertiary/aromatic N) is 1. The van der Waals surface area contributed by atoms with Gasteiger partial charge in [0.15, 0.2) is 0 Å². The first-order chi connectivity index (χ1) is 9.15. The Labute approximate surface area is 121 Å². The van der Waals surface area contributed by atoms with Crippen LogP contribution in [0.4, 0.5) is 5.69 Å². The van der Waals surface area contributed by atoms with Gasteiger partial charge in [-0.3, -0.25) is 4.99 Å². The summed E-state index contributed by atoms with van der Waals surface area (Å²) in [5.41, 5.74) is 3.35. The molecule has 0 fully saturated rings. The fourth-order valence-electron chi connectivity index (χ4n) is 2.20. The summed E-state index contributed by atoms with van der Waals surface area (Å²) in [6, 6.07) is 13.0. The lowest BCUT2D eigenvalue weighted by molar-refractivity contribution is 0.246. The molecule has 0 radical (unpaired) electrons. The lowest BCUT2D eigenvalue weighted by atomic mass is 10.0. The van der Waals surface area contributed by atoms with Crippen LogP contribution in [0.1, 0.15) is 17.2 Å². The summed E-state index contributed by atoms with van der Waals surface area (Å²) < 4.78 is 0. The molecule has 1 atom stereocenters. The van der Waals surface area contributed by atoms with E-state index in [1.165, 1.54) is 0 Å². The normalized spacial score (nSPS) is 15.0. The second-order valence-corrected chi connectivity index (χ2v) is 5.30. The number of aliphatic hydroxyl groups is 1. The minimum atomic E-state index is -0.689. The molecule has 0 aliphatic carbocycles. The molecule has 0 saturated heterocycles. The lowest BCUT2D eigenvalue weighted by Gasteiger charge is -2.10. The molecular weight excluding hydrogens is 281 g/mol. The van der Waals surface area contributed by atoms with E-state index < -0.39 is 6.10 Å². The predicted octanol–water partition coefficient (Wildman–Crippen LogP) is 4.36. The number of benzene rings is 2. The lowest BCUT2D eigenvalue weighted by Crippen LogP contribution is -2.11. The third-order valence-corrected chi connectivity index (χ3v) is 3.91. The highest BCUT2D eigenvalue weighted by Gasteiger charge is 2.23. The SMILES string of the molecule is OC(C1=Nc2cc(Cl)c(Cl)cc2C1)c1ccccc1. The van der Waals surface area contributed by atoms with E-state index in [0.717, 1.165) is 22.5 Å². The van der Waals surface area contributed by atoms with Gasteiger partial charge in [-0.25, -0.2) is 0 Å². The van der Waals surface area contributed by atoms with E-state index in [-0.39, 0.29) is 0 Å². The summed E-state index contributed by atoms with van der Waals surface area (Å²) in [6.07, 6.45) is -0.0893. The van der Waals surface area contributed by atoms with Crippen molar-refractivity contribution in [3.05, 3.63) is 63.6 Å². The van der Waals surface area contributed by atoms with Crippen molar-refractivity contribution in [2.45, 2.75) is 12.5 Å². The van der Waals surface area contributed by atoms with Gasteiger partial charge in [-0.15, -0.1) is 0 Å². The molecule has 0 amide bonds. The van der Waals surface area contributed by atoms with Crippen molar-refractivity contribution in [2.24, 2.45) is 4.99 Å². The topological polar surface area (TPSA) is 32.6 Å². The monoisotopic (exact) mass is 291 g/mol. The second-order valence-electron chi connectivity index (χ2n) is 4.49. The van der Waals surface area contributed by atoms with Gasteiger partial charge in [-0.2, -0.15) is 0 Å². The van der Waals surface area contributed by atoms with Gasteiger partial charge in [0.25, 0.3) is 0 Å². The summed E-state index contributed by atoms with van der Waals surface area (Å²) in [7, 11) is 0. The molecule has 3 rings (SSSR count). The Morgan fingerprint density at radius 3 is 2.47 bits per heavy atom. The second kappa shape index (κ2) is 4.97. The van der Waals surface area contributed by atoms with Crippen LogP contribution >= 0.6 is 23.2 Å². The van der Waals surface area contributed by atoms with Crippen molar-refractivity contribution in [2.75, 3.05) is 0 Å². The largest absolute Gasteiger partial charge is 0.382 e. The first-order valence-electron chi connectivity index (χ1n) is 5.93. The van der Waals surface area contributed by atoms with Crippen LogP contribution in [0.25, 0.3) is 0 Å². The molecule has 0 saturated carbocycles. The van der Waals surface area contributed by atoms with Gasteiger partial charge in [-0.05, 0) is 23.3 Å². The molecule has 2 nitrogen and oxygen atoms in total. The fraction of sp³-hybridized carbons (Fsp3) is 0.133. The molecular formula is C15H11Cl2NO. The molecule has 0 spiro atoms. The van der Waals surface area contributed by atoms with Crippen molar-refractivity contribution >= 4 is 34.6 Å². The summed E-state index contributed by atoms with van der Waals surface area (Å²) in [5.74, 6) is 0. The smallest absolute Gasteiger partial charge is 0.117 e. The summed E-state index contributed by atoms with van der Waals surface area (Å²) in [6.45, 7) is 0. The van der Waals surface area contributed by atoms with Gasteiger partial charge < -0.3 is 5.11 Å². The number of aliphatic imine (C=N–C) groups is 1. The highest BCUT2D eigenvalue weighted by Crippen LogP contribution is 2.36. The number of fused-ring (bicyclic) bond motifs is 1. The Balaban J connectivity index is 1.92. The Bertz CT molecular complexity index is 653. The maximum absolute atomic E-state index is 10.3. The molecule has 2 aromatic rings. The summed E-state index contributed by atoms with van der Waals surface area (Å²) in [4.78, 5) is 4.45. The van der Waals surface area contributed by atoms with Gasteiger partial charge in [0, 0.05) is 6.42 Å². The van der Waals surface area contributed by atoms with Crippen LogP contribution < -0.4 is 0 Å². The van der Waals surface area contributed by atoms with Crippen LogP contribution in [0.15, 0.2) is 47.5 Å². The maximum atomic E-state index is 10.3. The Kier molecular flexibility index (Phi) is 3.31. The van der Waals surface area contributed by atoms with E-state index in [2.05, 4.69) is 4.99 Å². The van der Waals surface area contributed by atoms with E-state index in [1.807, 2.05) is 36.4 Å². The third kappa shape index (κ3) is 2.39. The zero-order valence-corrected chi connectivity index (χ0v) is 11.5. The quantitative estimate of drug-likeness (QED) is 0.876. The standard InChI is InChI=1S/C15H11Cl2NO/c16-11-6-10-7-14(18-13(10)8-12(11)17)15(19)9-4-2-1-3-5-9/h1-6,8,15,19H,7H2. The molecule has 2 aromatic carbocycles. The zero-order valence-electron chi connectivity index (χ0n) is 9.98. The van der Waals surface area contributed by atoms with Crippen molar-refractivity contribution < 1.29 is 5.11 Å². The van der Waals surface area contributed by atoms with E-state index in [9.17, 15) is 5.11 Å². The maximum Gasteiger partial charge on any atom is 0.117 e. The van der Waals surface area contributed by atoms with Crippen LogP contribution in [0.3, 0.4) is 0 Å². The van der Waals surface area contributed by atoms with Crippen molar-refractivity contribution in [1.82, 2.24) is 0 Å². The van der Waals surface area contributed by atoms with Gasteiger partial charge in [0.2, 0.25) is 0 Å². The summed E-state index contributed by atoms with van der Waals surface area (Å²) >= 11 is 12.0. The molecule has 1 aliphatic heterocycles. The van der Waals surface area contributed by atoms with Crippen molar-refractivity contribution in [3.63, 3.8) is 0 Å². The molecule has 1 aliphatic rings. The van der Waals surface area contributed by atoms with Crippen LogP contribution in [0, 0.1) is 0 Å². The van der Waals surface area contributed by atoms with Crippen LogP contribution in [-0.4, -0.2) is 10.8 Å². The van der Waals surface area contributed by atoms with Gasteiger partial charge >= 0.3 is 0 Å². The fourth-order valence-corrected chi connectivity index (χ4v) is 2.54. The van der Waals surface area contributed by atoms with E-state index in [1.54, 1.807) is 6.07 Å². The van der Waals surface area contributed by atoms with E-state index >= 15 is 0 Å². The average molecular weight is 292 g/mol. The average Bonchev–Trinajstić information content (AvgIpc) is 2.82. The number of hydrogen-bond donors (Lipinski definition) is 1. The minimum absolute atomic E-state index is 0.486. The minimum Gasteiger partial charge on any atom is -0.382 e. The molecule has 96 valence electrons. The first-order valence-corrected chi connectivity index (χ1v) is 6.69. The summed E-state index contributed by atoms with van der Waals surface area (Å²) in [5, 5.41) is 11.3. The Morgan fingerprint density at radius 2 is 1.74 bits per heavy atom. The third-order valence-electron chi connectivity index (χ3n) is 3.19. The van der Waals surface area contributed by atoms with Gasteiger partial charge in [0.1, 0.15) is 6.10 Å². The van der Waals surface area contributed by atoms with Crippen molar-refractivity contribution in [1.29, 1.82) is 0 Å². The predicted molar refractivity (Wildman–Crippen MR) is 78.7 cm³/mol. The Morgan fingerprint density at radius 1 is 1.05 bits per heavy atom. The highest BCUT2D eigenvalue weighted by atomic mass is 35.5. The van der Waals surface area contributed by atoms with Crippen LogP contribution in [0.2, 0.25) is 10.0 Å². The van der Waals surface area contributed by atoms with E-state index in [0.29, 0.717) is 16.5 Å². The zero-order chi connectivity index (χ0) is 13.4. The van der Waals surface area contributed by atoms with Crippen molar-refractivity contribution in [3.8, 4) is 0 Å². The molecule has 1 heterocycles. The first kappa shape index (κ1) is 12.7. The van der Waals surface area contributed by atoms with Gasteiger partial charge in [-0.1, -0.05) is 53.5 Å². The Hall–Kier alpha value is -1.35. The van der Waals surface area contributed by atoms with E-state index in [4.69, 9.17) is 23.2 Å². The molecule has 1 N–H and O–H groups in total. The van der Waals surface area contributed by atoms with Crippen LogP contribution in [0.5, 0.6) is 0 Å². The number of aliphatic hydroxyl groups excluding tert-OH is 1. The molecule has 0 bridgehead atoms. The molecule has 0 aromatic heterocycles. The molecule has 19 heavy (non-hydrogen) atoms. The number of rotatable bonds is 2. The number of hydrogen-bond acceptors (Lipinski definition) is 2. The molecule has 1 unspecified atom stereocenters. The number of halogens is 2. The highest BCUT2D eigenvalue weighted by molar-refractivity contribution is 6.42. The van der Waals surface area contributed by atoms with Gasteiger partial charge in [0.05, 0.1) is 21.4 Å². The molecule has 4 heteroatoms.